The molecule has 2 aromatic rings. The summed E-state index contributed by atoms with van der Waals surface area (Å²) in [5.74, 6) is -0.518. The molecule has 146 valence electrons. The zero-order chi connectivity index (χ0) is 19.6. The van der Waals surface area contributed by atoms with E-state index in [4.69, 9.17) is 0 Å². The maximum atomic E-state index is 12.4. The summed E-state index contributed by atoms with van der Waals surface area (Å²) in [6.07, 6.45) is -5.05. The summed E-state index contributed by atoms with van der Waals surface area (Å²) in [4.78, 5) is 14.5. The quantitative estimate of drug-likeness (QED) is 0.829. The van der Waals surface area contributed by atoms with E-state index < -0.39 is 24.6 Å². The highest BCUT2D eigenvalue weighted by molar-refractivity contribution is 6.02. The number of amides is 1. The lowest BCUT2D eigenvalue weighted by Crippen LogP contribution is -2.17. The lowest BCUT2D eigenvalue weighted by Gasteiger charge is -2.14. The molecule has 1 aliphatic heterocycles. The van der Waals surface area contributed by atoms with Crippen LogP contribution in [0.5, 0.6) is 0 Å². The van der Waals surface area contributed by atoms with Crippen LogP contribution in [0.25, 0.3) is 0 Å². The van der Waals surface area contributed by atoms with Gasteiger partial charge in [0.25, 0.3) is 5.91 Å². The second-order valence-corrected chi connectivity index (χ2v) is 6.70. The van der Waals surface area contributed by atoms with Crippen molar-refractivity contribution in [3.05, 3.63) is 41.7 Å². The summed E-state index contributed by atoms with van der Waals surface area (Å²) in [5.41, 5.74) is 0.461. The normalized spacial score (nSPS) is 19.2. The highest BCUT2D eigenvalue weighted by atomic mass is 19.4. The molecule has 0 spiro atoms. The average molecular weight is 383 g/mol. The third-order valence-corrected chi connectivity index (χ3v) is 4.44. The maximum Gasteiger partial charge on any atom is 0.391 e. The van der Waals surface area contributed by atoms with Gasteiger partial charge in [-0.1, -0.05) is 17.3 Å². The van der Waals surface area contributed by atoms with Crippen LogP contribution < -0.4 is 5.32 Å². The molecule has 2 atom stereocenters. The second kappa shape index (κ2) is 7.65. The largest absolute Gasteiger partial charge is 0.391 e. The first kappa shape index (κ1) is 19.3. The van der Waals surface area contributed by atoms with E-state index in [1.165, 1.54) is 24.3 Å². The van der Waals surface area contributed by atoms with Crippen LogP contribution in [-0.2, 0) is 0 Å². The Kier molecular flexibility index (Phi) is 5.47. The zero-order valence-electron chi connectivity index (χ0n) is 14.6. The summed E-state index contributed by atoms with van der Waals surface area (Å²) >= 11 is 0. The van der Waals surface area contributed by atoms with Gasteiger partial charge in [0.15, 0.2) is 5.69 Å². The summed E-state index contributed by atoms with van der Waals surface area (Å²) < 4.78 is 38.9. The fourth-order valence-electron chi connectivity index (χ4n) is 3.04. The van der Waals surface area contributed by atoms with Crippen molar-refractivity contribution in [2.45, 2.75) is 31.2 Å². The smallest absolute Gasteiger partial charge is 0.388 e. The van der Waals surface area contributed by atoms with Crippen LogP contribution in [0.4, 0.5) is 18.9 Å². The number of rotatable bonds is 5. The molecule has 1 aromatic carbocycles. The fraction of sp³-hybridized carbons (Fsp3) is 0.471. The number of alkyl halides is 3. The second-order valence-electron chi connectivity index (χ2n) is 6.70. The van der Waals surface area contributed by atoms with Crippen LogP contribution in [0.2, 0.25) is 0 Å². The van der Waals surface area contributed by atoms with Gasteiger partial charge in [-0.2, -0.15) is 13.2 Å². The minimum Gasteiger partial charge on any atom is -0.388 e. The van der Waals surface area contributed by atoms with Gasteiger partial charge < -0.3 is 15.3 Å². The molecule has 2 unspecified atom stereocenters. The number of benzene rings is 1. The Hall–Kier alpha value is -2.46. The minimum atomic E-state index is -4.48. The number of carbonyl (C=O) groups excluding carboxylic acids is 1. The van der Waals surface area contributed by atoms with Gasteiger partial charge in [0.05, 0.1) is 24.8 Å². The van der Waals surface area contributed by atoms with Gasteiger partial charge in [-0.25, -0.2) is 4.68 Å². The molecule has 2 N–H and O–H groups in total. The topological polar surface area (TPSA) is 83.3 Å². The van der Waals surface area contributed by atoms with E-state index in [0.29, 0.717) is 0 Å². The summed E-state index contributed by atoms with van der Waals surface area (Å²) in [5, 5.41) is 20.2. The highest BCUT2D eigenvalue weighted by Crippen LogP contribution is 2.30. The van der Waals surface area contributed by atoms with Crippen molar-refractivity contribution >= 4 is 11.6 Å². The Morgan fingerprint density at radius 1 is 1.44 bits per heavy atom. The van der Waals surface area contributed by atoms with E-state index >= 15 is 0 Å². The van der Waals surface area contributed by atoms with Gasteiger partial charge in [-0.15, -0.1) is 5.10 Å². The molecule has 0 radical (unpaired) electrons. The van der Waals surface area contributed by atoms with Crippen molar-refractivity contribution < 1.29 is 23.1 Å². The Balaban J connectivity index is 1.66. The van der Waals surface area contributed by atoms with E-state index in [-0.39, 0.29) is 23.0 Å². The van der Waals surface area contributed by atoms with Crippen LogP contribution >= 0.6 is 0 Å². The number of aliphatic hydroxyl groups excluding tert-OH is 1. The van der Waals surface area contributed by atoms with E-state index in [1.807, 2.05) is 7.05 Å². The van der Waals surface area contributed by atoms with Crippen LogP contribution in [0.1, 0.15) is 41.0 Å². The van der Waals surface area contributed by atoms with Crippen molar-refractivity contribution in [1.82, 2.24) is 19.9 Å². The Morgan fingerprint density at radius 3 is 2.89 bits per heavy atom. The predicted octanol–water partition coefficient (Wildman–Crippen LogP) is 2.39. The van der Waals surface area contributed by atoms with Gasteiger partial charge in [0.2, 0.25) is 0 Å². The summed E-state index contributed by atoms with van der Waals surface area (Å²) in [6.45, 7) is 1.77. The minimum absolute atomic E-state index is 0.0720. The number of nitrogens with zero attached hydrogens (tertiary/aromatic N) is 4. The Bertz CT molecular complexity index is 808. The van der Waals surface area contributed by atoms with Crippen LogP contribution in [0.3, 0.4) is 0 Å². The number of likely N-dealkylation sites (N-methyl/N-ethyl adjacent to an activating group) is 1. The first-order valence-electron chi connectivity index (χ1n) is 8.48. The van der Waals surface area contributed by atoms with Crippen LogP contribution in [-0.4, -0.2) is 57.2 Å². The first-order chi connectivity index (χ1) is 12.7. The van der Waals surface area contributed by atoms with E-state index in [1.54, 1.807) is 10.9 Å². The van der Waals surface area contributed by atoms with Gasteiger partial charge in [-0.3, -0.25) is 4.79 Å². The summed E-state index contributed by atoms with van der Waals surface area (Å²) in [6, 6.07) is 5.84. The zero-order valence-corrected chi connectivity index (χ0v) is 14.6. The lowest BCUT2D eigenvalue weighted by atomic mass is 10.1. The molecule has 1 saturated heterocycles. The lowest BCUT2D eigenvalue weighted by molar-refractivity contribution is -0.154. The van der Waals surface area contributed by atoms with Crippen LogP contribution in [0, 0.1) is 0 Å². The number of hydrogen-bond acceptors (Lipinski definition) is 5. The van der Waals surface area contributed by atoms with Gasteiger partial charge >= 0.3 is 6.18 Å². The number of aliphatic hydroxyl groups is 1. The molecule has 27 heavy (non-hydrogen) atoms. The Labute approximate surface area is 153 Å². The molecule has 0 aliphatic carbocycles. The molecular formula is C17H20F3N5O2. The molecule has 1 aliphatic rings. The number of carbonyl (C=O) groups is 1. The van der Waals surface area contributed by atoms with Gasteiger partial charge in [-0.05, 0) is 37.7 Å². The van der Waals surface area contributed by atoms with Crippen molar-refractivity contribution in [3.63, 3.8) is 0 Å². The van der Waals surface area contributed by atoms with E-state index in [9.17, 15) is 23.1 Å². The number of hydrogen-bond donors (Lipinski definition) is 2. The van der Waals surface area contributed by atoms with Crippen molar-refractivity contribution in [2.75, 3.05) is 25.5 Å². The van der Waals surface area contributed by atoms with Crippen molar-refractivity contribution in [2.24, 2.45) is 0 Å². The van der Waals surface area contributed by atoms with E-state index in [2.05, 4.69) is 20.5 Å². The molecule has 3 rings (SSSR count). The number of anilines is 1. The third-order valence-electron chi connectivity index (χ3n) is 4.44. The van der Waals surface area contributed by atoms with Gasteiger partial charge in [0.1, 0.15) is 0 Å². The Morgan fingerprint density at radius 2 is 2.22 bits per heavy atom. The molecular weight excluding hydrogens is 363 g/mol. The monoisotopic (exact) mass is 383 g/mol. The standard InChI is InChI=1S/C17H20F3N5O2/c1-24-6-5-13(9-24)25-10-14(22-23-25)16(27)21-12-4-2-3-11(7-12)15(26)8-17(18,19)20/h2-4,7,10,13,15,26H,5-6,8-9H2,1H3,(H,21,27). The molecule has 1 fully saturated rings. The first-order valence-corrected chi connectivity index (χ1v) is 8.48. The van der Waals surface area contributed by atoms with Crippen molar-refractivity contribution in [3.8, 4) is 0 Å². The number of aromatic nitrogens is 3. The molecule has 1 amide bonds. The summed E-state index contributed by atoms with van der Waals surface area (Å²) in [7, 11) is 2.00. The molecule has 2 heterocycles. The molecule has 0 saturated carbocycles. The number of halogens is 3. The van der Waals surface area contributed by atoms with E-state index in [0.717, 1.165) is 19.5 Å². The van der Waals surface area contributed by atoms with Crippen molar-refractivity contribution in [1.29, 1.82) is 0 Å². The molecule has 10 heteroatoms. The fourth-order valence-corrected chi connectivity index (χ4v) is 3.04. The van der Waals surface area contributed by atoms with Gasteiger partial charge in [0, 0.05) is 12.2 Å². The molecule has 7 nitrogen and oxygen atoms in total. The highest BCUT2D eigenvalue weighted by Gasteiger charge is 2.31. The predicted molar refractivity (Wildman–Crippen MR) is 91.2 cm³/mol. The number of likely N-dealkylation sites (tertiary alicyclic amines) is 1. The SMILES string of the molecule is CN1CCC(n2cc(C(=O)Nc3cccc(C(O)CC(F)(F)F)c3)nn2)C1. The van der Waals surface area contributed by atoms with Crippen LogP contribution in [0.15, 0.2) is 30.5 Å². The number of nitrogens with one attached hydrogen (secondary N) is 1. The molecule has 0 bridgehead atoms. The third kappa shape index (κ3) is 5.04. The molecule has 1 aromatic heterocycles. The average Bonchev–Trinajstić information content (AvgIpc) is 3.22. The maximum absolute atomic E-state index is 12.4.